The van der Waals surface area contributed by atoms with E-state index in [1.54, 1.807) is 13.8 Å². The molecule has 0 unspecified atom stereocenters. The van der Waals surface area contributed by atoms with Gasteiger partial charge in [0.1, 0.15) is 0 Å². The van der Waals surface area contributed by atoms with Crippen LogP contribution in [0, 0.1) is 41.5 Å². The number of fused-ring (bicyclic) bond motifs is 2. The SMILES string of the molecule is Cc1ccc(P(c2ccc(C)cc2)c2cc(C)c3c(c2-c2c(P(c4ccc(C)cc4)c4ccc(C)cc4)cc(C)c4c2OC(F)(F)O4)OC(F)(F)O3)cc1. The minimum absolute atomic E-state index is 0.164. The summed E-state index contributed by atoms with van der Waals surface area (Å²) in [4.78, 5) is 0. The standard InChI is InChI=1S/C44H36F4O4P2/c1-25-7-15-31(16-8-25)53(32-17-9-26(2)10-18-32)35-23-29(5)39-41(51-43(45,46)49-39)37(35)38-36(24-30(6)40-42(38)52-44(47,48)50-40)54(33-19-11-27(3)12-20-33)34-21-13-28(4)14-22-34/h7-24H,1-6H3. The average molecular weight is 767 g/mol. The Hall–Kier alpha value is -4.90. The maximum atomic E-state index is 15.4. The highest BCUT2D eigenvalue weighted by Crippen LogP contribution is 2.58. The van der Waals surface area contributed by atoms with E-state index in [1.807, 2.05) is 137 Å². The fourth-order valence-electron chi connectivity index (χ4n) is 6.93. The first-order chi connectivity index (χ1) is 25.7. The van der Waals surface area contributed by atoms with Crippen molar-refractivity contribution in [2.24, 2.45) is 0 Å². The molecule has 54 heavy (non-hydrogen) atoms. The Balaban J connectivity index is 1.53. The van der Waals surface area contributed by atoms with E-state index in [0.29, 0.717) is 21.7 Å². The number of ether oxygens (including phenoxy) is 4. The molecule has 0 bridgehead atoms. The third-order valence-corrected chi connectivity index (χ3v) is 14.5. The van der Waals surface area contributed by atoms with Gasteiger partial charge < -0.3 is 18.9 Å². The number of alkyl halides is 4. The first kappa shape index (κ1) is 36.1. The number of rotatable bonds is 7. The summed E-state index contributed by atoms with van der Waals surface area (Å²) in [5.41, 5.74) is 5.42. The monoisotopic (exact) mass is 766 g/mol. The highest BCUT2D eigenvalue weighted by atomic mass is 31.1. The number of halogens is 4. The molecule has 274 valence electrons. The van der Waals surface area contributed by atoms with E-state index in [4.69, 9.17) is 18.9 Å². The summed E-state index contributed by atoms with van der Waals surface area (Å²) in [6.45, 7) is 11.4. The van der Waals surface area contributed by atoms with Crippen molar-refractivity contribution in [1.29, 1.82) is 0 Å². The molecular formula is C44H36F4O4P2. The maximum absolute atomic E-state index is 15.4. The molecule has 0 amide bonds. The second kappa shape index (κ2) is 13.4. The Morgan fingerprint density at radius 3 is 0.870 bits per heavy atom. The highest BCUT2D eigenvalue weighted by molar-refractivity contribution is 7.80. The minimum Gasteiger partial charge on any atom is -0.395 e. The molecule has 0 aliphatic carbocycles. The van der Waals surface area contributed by atoms with Gasteiger partial charge in [-0.1, -0.05) is 119 Å². The number of aryl methyl sites for hydroxylation is 6. The molecule has 10 heteroatoms. The summed E-state index contributed by atoms with van der Waals surface area (Å²) in [6, 6.07) is 35.9. The first-order valence-corrected chi connectivity index (χ1v) is 20.1. The summed E-state index contributed by atoms with van der Waals surface area (Å²) < 4.78 is 82.9. The quantitative estimate of drug-likeness (QED) is 0.120. The number of benzene rings is 6. The van der Waals surface area contributed by atoms with Gasteiger partial charge in [0.05, 0.1) is 0 Å². The average Bonchev–Trinajstić information content (AvgIpc) is 3.64. The molecule has 8 rings (SSSR count). The van der Waals surface area contributed by atoms with Crippen LogP contribution in [0.1, 0.15) is 33.4 Å². The van der Waals surface area contributed by atoms with Crippen molar-refractivity contribution in [1.82, 2.24) is 0 Å². The van der Waals surface area contributed by atoms with Gasteiger partial charge in [-0.15, -0.1) is 17.6 Å². The molecule has 0 radical (unpaired) electrons. The Morgan fingerprint density at radius 1 is 0.370 bits per heavy atom. The largest absolute Gasteiger partial charge is 0.586 e. The summed E-state index contributed by atoms with van der Waals surface area (Å²) in [5.74, 6) is -0.809. The zero-order chi connectivity index (χ0) is 38.1. The lowest BCUT2D eigenvalue weighted by Crippen LogP contribution is -2.28. The molecule has 6 aromatic rings. The van der Waals surface area contributed by atoms with E-state index in [2.05, 4.69) is 0 Å². The van der Waals surface area contributed by atoms with Gasteiger partial charge in [0.15, 0.2) is 23.0 Å². The van der Waals surface area contributed by atoms with Crippen molar-refractivity contribution in [3.8, 4) is 34.1 Å². The molecule has 6 aromatic carbocycles. The fourth-order valence-corrected chi connectivity index (χ4v) is 12.0. The lowest BCUT2D eigenvalue weighted by atomic mass is 9.98. The second-order valence-corrected chi connectivity index (χ2v) is 18.2. The lowest BCUT2D eigenvalue weighted by molar-refractivity contribution is -0.288. The molecule has 0 atom stereocenters. The Kier molecular flexibility index (Phi) is 8.98. The van der Waals surface area contributed by atoms with Gasteiger partial charge in [-0.3, -0.25) is 0 Å². The summed E-state index contributed by atoms with van der Waals surface area (Å²) >= 11 is 0. The topological polar surface area (TPSA) is 36.9 Å². The van der Waals surface area contributed by atoms with E-state index in [0.717, 1.165) is 43.5 Å². The zero-order valence-corrected chi connectivity index (χ0v) is 32.2. The van der Waals surface area contributed by atoms with E-state index in [-0.39, 0.29) is 34.1 Å². The van der Waals surface area contributed by atoms with Crippen LogP contribution in [0.2, 0.25) is 0 Å². The Labute approximate surface area is 314 Å². The van der Waals surface area contributed by atoms with Gasteiger partial charge in [-0.25, -0.2) is 0 Å². The van der Waals surface area contributed by atoms with Crippen molar-refractivity contribution in [3.05, 3.63) is 143 Å². The van der Waals surface area contributed by atoms with Crippen molar-refractivity contribution in [2.75, 3.05) is 0 Å². The molecular weight excluding hydrogens is 730 g/mol. The predicted octanol–water partition coefficient (Wildman–Crippen LogP) is 9.36. The molecule has 0 saturated heterocycles. The minimum atomic E-state index is -4.01. The Bertz CT molecular complexity index is 2130. The molecule has 4 nitrogen and oxygen atoms in total. The van der Waals surface area contributed by atoms with Gasteiger partial charge in [0, 0.05) is 11.1 Å². The zero-order valence-electron chi connectivity index (χ0n) is 30.4. The molecule has 0 fully saturated rings. The molecule has 0 N–H and O–H groups in total. The van der Waals surface area contributed by atoms with Gasteiger partial charge >= 0.3 is 12.6 Å². The van der Waals surface area contributed by atoms with Gasteiger partial charge in [-0.05, 0) is 112 Å². The lowest BCUT2D eigenvalue weighted by Gasteiger charge is -2.28. The molecule has 2 aliphatic heterocycles. The highest BCUT2D eigenvalue weighted by Gasteiger charge is 2.51. The van der Waals surface area contributed by atoms with E-state index in [9.17, 15) is 0 Å². The summed E-state index contributed by atoms with van der Waals surface area (Å²) in [5, 5.41) is 4.94. The van der Waals surface area contributed by atoms with Gasteiger partial charge in [0.2, 0.25) is 0 Å². The van der Waals surface area contributed by atoms with Crippen molar-refractivity contribution < 1.29 is 36.5 Å². The Morgan fingerprint density at radius 2 is 0.611 bits per heavy atom. The van der Waals surface area contributed by atoms with E-state index in [1.165, 1.54) is 0 Å². The second-order valence-electron chi connectivity index (χ2n) is 13.8. The smallest absolute Gasteiger partial charge is 0.395 e. The summed E-state index contributed by atoms with van der Waals surface area (Å²) in [7, 11) is -3.03. The summed E-state index contributed by atoms with van der Waals surface area (Å²) in [6.07, 6.45) is -8.02. The molecule has 2 aliphatic rings. The number of hydrogen-bond acceptors (Lipinski definition) is 4. The van der Waals surface area contributed by atoms with Crippen LogP contribution in [0.3, 0.4) is 0 Å². The van der Waals surface area contributed by atoms with Crippen LogP contribution < -0.4 is 50.8 Å². The number of hydrogen-bond donors (Lipinski definition) is 0. The third-order valence-electron chi connectivity index (χ3n) is 9.59. The van der Waals surface area contributed by atoms with Crippen LogP contribution in [-0.4, -0.2) is 12.6 Å². The maximum Gasteiger partial charge on any atom is 0.586 e. The van der Waals surface area contributed by atoms with Crippen molar-refractivity contribution >= 4 is 47.7 Å². The molecule has 0 saturated carbocycles. The third kappa shape index (κ3) is 6.61. The van der Waals surface area contributed by atoms with Crippen LogP contribution in [0.25, 0.3) is 11.1 Å². The van der Waals surface area contributed by atoms with Crippen LogP contribution in [0.5, 0.6) is 23.0 Å². The van der Waals surface area contributed by atoms with Crippen molar-refractivity contribution in [3.63, 3.8) is 0 Å². The predicted molar refractivity (Wildman–Crippen MR) is 210 cm³/mol. The molecule has 0 aromatic heterocycles. The fraction of sp³-hybridized carbons (Fsp3) is 0.182. The van der Waals surface area contributed by atoms with Crippen LogP contribution in [0.4, 0.5) is 17.6 Å². The molecule has 2 heterocycles. The van der Waals surface area contributed by atoms with Crippen LogP contribution in [0.15, 0.2) is 109 Å². The molecule has 0 spiro atoms. The van der Waals surface area contributed by atoms with Crippen molar-refractivity contribution in [2.45, 2.75) is 54.1 Å². The van der Waals surface area contributed by atoms with E-state index >= 15 is 17.6 Å². The van der Waals surface area contributed by atoms with Gasteiger partial charge in [0.25, 0.3) is 0 Å². The van der Waals surface area contributed by atoms with E-state index < -0.39 is 28.4 Å². The van der Waals surface area contributed by atoms with Crippen LogP contribution >= 0.6 is 15.8 Å². The normalized spacial score (nSPS) is 15.0. The first-order valence-electron chi connectivity index (χ1n) is 17.4. The van der Waals surface area contributed by atoms with Crippen LogP contribution in [-0.2, 0) is 0 Å². The van der Waals surface area contributed by atoms with Gasteiger partial charge in [-0.2, -0.15) is 0 Å².